The lowest BCUT2D eigenvalue weighted by Gasteiger charge is -1.98. The minimum absolute atomic E-state index is 0.104. The first-order valence-electron chi connectivity index (χ1n) is 4.92. The molecule has 4 heteroatoms. The smallest absolute Gasteiger partial charge is 0.205 e. The quantitative estimate of drug-likeness (QED) is 0.285. The molecular formula is C10H18N2O2. The van der Waals surface area contributed by atoms with Gasteiger partial charge in [-0.15, -0.1) is 0 Å². The Kier molecular flexibility index (Phi) is 6.62. The molecule has 0 fully saturated rings. The molecule has 0 rings (SSSR count). The average Bonchev–Trinajstić information content (AvgIpc) is 2.12. The Morgan fingerprint density at radius 1 is 1.64 bits per heavy atom. The third-order valence-electron chi connectivity index (χ3n) is 1.83. The largest absolute Gasteiger partial charge is 0.595 e. The van der Waals surface area contributed by atoms with E-state index in [1.54, 1.807) is 13.0 Å². The second kappa shape index (κ2) is 7.24. The number of hydrogen-bond acceptors (Lipinski definition) is 3. The highest BCUT2D eigenvalue weighted by atomic mass is 16.5. The Morgan fingerprint density at radius 3 is 2.79 bits per heavy atom. The number of hydroxylamine groups is 1. The van der Waals surface area contributed by atoms with Crippen molar-refractivity contribution in [3.63, 3.8) is 0 Å². The maximum Gasteiger partial charge on any atom is 0.205 e. The Bertz CT molecular complexity index is 234. The third-order valence-corrected chi connectivity index (χ3v) is 1.83. The zero-order valence-electron chi connectivity index (χ0n) is 9.06. The highest BCUT2D eigenvalue weighted by molar-refractivity contribution is 5.80. The van der Waals surface area contributed by atoms with Gasteiger partial charge >= 0.3 is 0 Å². The molecule has 1 atom stereocenters. The average molecular weight is 198 g/mol. The van der Waals surface area contributed by atoms with Gasteiger partial charge in [-0.05, 0) is 37.9 Å². The van der Waals surface area contributed by atoms with Crippen molar-refractivity contribution in [1.29, 1.82) is 0 Å². The van der Waals surface area contributed by atoms with Crippen LogP contribution in [0.4, 0.5) is 0 Å². The van der Waals surface area contributed by atoms with Gasteiger partial charge in [0.1, 0.15) is 0 Å². The van der Waals surface area contributed by atoms with Crippen molar-refractivity contribution in [3.05, 3.63) is 17.5 Å². The van der Waals surface area contributed by atoms with Crippen molar-refractivity contribution in [2.75, 3.05) is 0 Å². The van der Waals surface area contributed by atoms with Gasteiger partial charge in [-0.25, -0.2) is 0 Å². The van der Waals surface area contributed by atoms with E-state index in [-0.39, 0.29) is 5.78 Å². The van der Waals surface area contributed by atoms with E-state index in [9.17, 15) is 10.0 Å². The summed E-state index contributed by atoms with van der Waals surface area (Å²) < 4.78 is 0. The third kappa shape index (κ3) is 6.34. The normalized spacial score (nSPS) is 14.6. The molecule has 0 aromatic heterocycles. The van der Waals surface area contributed by atoms with Gasteiger partial charge < -0.3 is 5.21 Å². The summed E-state index contributed by atoms with van der Waals surface area (Å²) in [7, 11) is 0. The Balaban J connectivity index is 3.99. The van der Waals surface area contributed by atoms with Crippen LogP contribution in [0, 0.1) is 5.21 Å². The van der Waals surface area contributed by atoms with Gasteiger partial charge in [0.25, 0.3) is 0 Å². The van der Waals surface area contributed by atoms with Crippen LogP contribution in [0.15, 0.2) is 17.4 Å². The molecule has 80 valence electrons. The van der Waals surface area contributed by atoms with Crippen LogP contribution in [-0.2, 0) is 4.79 Å². The lowest BCUT2D eigenvalue weighted by Crippen LogP contribution is -2.12. The van der Waals surface area contributed by atoms with E-state index < -0.39 is 6.04 Å². The van der Waals surface area contributed by atoms with Crippen molar-refractivity contribution in [2.24, 2.45) is 5.11 Å². The van der Waals surface area contributed by atoms with Crippen molar-refractivity contribution in [1.82, 2.24) is 0 Å². The monoisotopic (exact) mass is 198 g/mol. The molecule has 0 aliphatic carbocycles. The lowest BCUT2D eigenvalue weighted by atomic mass is 10.2. The molecular weight excluding hydrogens is 180 g/mol. The predicted molar refractivity (Wildman–Crippen MR) is 54.9 cm³/mol. The minimum Gasteiger partial charge on any atom is -0.595 e. The van der Waals surface area contributed by atoms with Gasteiger partial charge in [-0.2, -0.15) is 0 Å². The van der Waals surface area contributed by atoms with E-state index in [0.717, 1.165) is 19.3 Å². The van der Waals surface area contributed by atoms with Crippen LogP contribution in [-0.4, -0.2) is 16.7 Å². The molecule has 0 aromatic rings. The maximum absolute atomic E-state index is 11.0. The fourth-order valence-electron chi connectivity index (χ4n) is 0.777. The number of rotatable bonds is 6. The van der Waals surface area contributed by atoms with Crippen molar-refractivity contribution in [3.8, 4) is 0 Å². The van der Waals surface area contributed by atoms with E-state index in [4.69, 9.17) is 0 Å². The second-order valence-electron chi connectivity index (χ2n) is 3.23. The van der Waals surface area contributed by atoms with E-state index in [1.165, 1.54) is 13.1 Å². The Hall–Kier alpha value is -1.19. The SMILES string of the molecule is CCCC/C=C/[N+]([O-])=N/[C@@H](C)C(C)=O. The van der Waals surface area contributed by atoms with Crippen LogP contribution in [0.5, 0.6) is 0 Å². The fourth-order valence-corrected chi connectivity index (χ4v) is 0.777. The molecule has 0 bridgehead atoms. The van der Waals surface area contributed by atoms with Crippen LogP contribution < -0.4 is 0 Å². The first kappa shape index (κ1) is 12.8. The van der Waals surface area contributed by atoms with E-state index in [1.807, 2.05) is 0 Å². The number of carbonyl (C=O) groups excluding carboxylic acids is 1. The molecule has 0 heterocycles. The molecule has 0 N–H and O–H groups in total. The van der Waals surface area contributed by atoms with Gasteiger partial charge in [0.2, 0.25) is 6.20 Å². The van der Waals surface area contributed by atoms with Crippen molar-refractivity contribution >= 4 is 5.78 Å². The van der Waals surface area contributed by atoms with Crippen LogP contribution in [0.3, 0.4) is 0 Å². The molecule has 0 unspecified atom stereocenters. The lowest BCUT2D eigenvalue weighted by molar-refractivity contribution is -0.461. The number of carbonyl (C=O) groups is 1. The van der Waals surface area contributed by atoms with E-state index in [2.05, 4.69) is 12.0 Å². The molecule has 14 heavy (non-hydrogen) atoms. The molecule has 0 aromatic carbocycles. The minimum atomic E-state index is -0.552. The molecule has 0 saturated heterocycles. The topological polar surface area (TPSA) is 55.5 Å². The zero-order chi connectivity index (χ0) is 11.0. The van der Waals surface area contributed by atoms with Gasteiger partial charge in [0, 0.05) is 0 Å². The van der Waals surface area contributed by atoms with Crippen LogP contribution in [0.2, 0.25) is 0 Å². The summed E-state index contributed by atoms with van der Waals surface area (Å²) in [6.07, 6.45) is 6.16. The van der Waals surface area contributed by atoms with Crippen molar-refractivity contribution in [2.45, 2.75) is 46.1 Å². The summed E-state index contributed by atoms with van der Waals surface area (Å²) in [5.41, 5.74) is 0. The highest BCUT2D eigenvalue weighted by Gasteiger charge is 2.08. The number of nitrogens with zero attached hydrogens (tertiary/aromatic N) is 2. The van der Waals surface area contributed by atoms with E-state index in [0.29, 0.717) is 4.86 Å². The summed E-state index contributed by atoms with van der Waals surface area (Å²) in [4.78, 5) is 11.2. The summed E-state index contributed by atoms with van der Waals surface area (Å²) in [5.74, 6) is -0.104. The van der Waals surface area contributed by atoms with E-state index >= 15 is 0 Å². The summed E-state index contributed by atoms with van der Waals surface area (Å²) in [5, 5.41) is 14.6. The summed E-state index contributed by atoms with van der Waals surface area (Å²) >= 11 is 0. The molecule has 0 saturated carbocycles. The summed E-state index contributed by atoms with van der Waals surface area (Å²) in [6.45, 7) is 5.11. The number of allylic oxidation sites excluding steroid dienone is 1. The molecule has 0 aliphatic rings. The van der Waals surface area contributed by atoms with Crippen LogP contribution >= 0.6 is 0 Å². The molecule has 0 amide bonds. The molecule has 4 nitrogen and oxygen atoms in total. The molecule has 0 aliphatic heterocycles. The molecule has 0 radical (unpaired) electrons. The number of ketones is 1. The Morgan fingerprint density at radius 2 is 2.29 bits per heavy atom. The van der Waals surface area contributed by atoms with Crippen LogP contribution in [0.1, 0.15) is 40.0 Å². The standard InChI is InChI=1S/C10H18N2O2/c1-4-5-6-7-8-12(14)11-9(2)10(3)13/h7-9H,4-6H2,1-3H3/b8-7+,12-11-/t9-/m0/s1. The van der Waals surface area contributed by atoms with Gasteiger partial charge in [0.15, 0.2) is 11.8 Å². The first-order valence-corrected chi connectivity index (χ1v) is 4.92. The highest BCUT2D eigenvalue weighted by Crippen LogP contribution is 1.96. The number of hydrogen-bond donors (Lipinski definition) is 0. The first-order chi connectivity index (χ1) is 6.57. The Labute approximate surface area is 84.9 Å². The fraction of sp³-hybridized carbons (Fsp3) is 0.700. The number of Topliss-reactive ketones (excluding diaryl/α,β-unsaturated/α-hetero) is 1. The maximum atomic E-state index is 11.0. The molecule has 0 spiro atoms. The number of unbranched alkanes of at least 4 members (excludes halogenated alkanes) is 2. The number of azo groups is 1. The van der Waals surface area contributed by atoms with Gasteiger partial charge in [0.05, 0.1) is 0 Å². The van der Waals surface area contributed by atoms with Crippen LogP contribution in [0.25, 0.3) is 0 Å². The van der Waals surface area contributed by atoms with Gasteiger partial charge in [-0.1, -0.05) is 18.2 Å². The predicted octanol–water partition coefficient (Wildman–Crippen LogP) is 2.63. The van der Waals surface area contributed by atoms with Crippen molar-refractivity contribution < 1.29 is 9.66 Å². The summed E-state index contributed by atoms with van der Waals surface area (Å²) in [6, 6.07) is -0.552. The zero-order valence-corrected chi connectivity index (χ0v) is 9.06. The van der Waals surface area contributed by atoms with Gasteiger partial charge in [-0.3, -0.25) is 4.79 Å². The second-order valence-corrected chi connectivity index (χ2v) is 3.23.